The van der Waals surface area contributed by atoms with Gasteiger partial charge in [0.15, 0.2) is 0 Å². The summed E-state index contributed by atoms with van der Waals surface area (Å²) >= 11 is 0. The number of alkyl carbamates (subject to hydrolysis) is 1. The highest BCUT2D eigenvalue weighted by molar-refractivity contribution is 5.84. The fourth-order valence-electron chi connectivity index (χ4n) is 4.63. The highest BCUT2D eigenvalue weighted by atomic mass is 19.1. The number of fused-ring (bicyclic) bond motifs is 1. The van der Waals surface area contributed by atoms with E-state index in [1.165, 1.54) is 17.0 Å². The van der Waals surface area contributed by atoms with Crippen molar-refractivity contribution in [3.8, 4) is 0 Å². The Labute approximate surface area is 209 Å². The minimum absolute atomic E-state index is 0.0823. The second kappa shape index (κ2) is 10.6. The van der Waals surface area contributed by atoms with Gasteiger partial charge >= 0.3 is 12.2 Å². The van der Waals surface area contributed by atoms with Crippen LogP contribution in [-0.4, -0.2) is 58.0 Å². The van der Waals surface area contributed by atoms with E-state index in [1.807, 2.05) is 30.3 Å². The molecule has 9 heteroatoms. The van der Waals surface area contributed by atoms with E-state index in [9.17, 15) is 19.1 Å². The number of carbonyl (C=O) groups excluding carboxylic acids is 2. The average Bonchev–Trinajstić information content (AvgIpc) is 3.41. The maximum Gasteiger partial charge on any atom is 0.410 e. The Morgan fingerprint density at radius 1 is 1.22 bits per heavy atom. The number of nitrogens with zero attached hydrogens (tertiary/aromatic N) is 1. The minimum atomic E-state index is -0.838. The van der Waals surface area contributed by atoms with Crippen molar-refractivity contribution in [3.63, 3.8) is 0 Å². The molecule has 3 aromatic rings. The van der Waals surface area contributed by atoms with Crippen molar-refractivity contribution < 1.29 is 28.6 Å². The Morgan fingerprint density at radius 3 is 2.69 bits per heavy atom. The van der Waals surface area contributed by atoms with Crippen molar-refractivity contribution in [1.82, 2.24) is 15.2 Å². The van der Waals surface area contributed by atoms with E-state index in [-0.39, 0.29) is 19.0 Å². The number of hydrogen-bond donors (Lipinski definition) is 3. The van der Waals surface area contributed by atoms with Gasteiger partial charge in [-0.05, 0) is 56.5 Å². The molecule has 36 heavy (non-hydrogen) atoms. The molecule has 2 heterocycles. The molecule has 0 saturated carbocycles. The summed E-state index contributed by atoms with van der Waals surface area (Å²) in [6.07, 6.45) is 0.104. The van der Waals surface area contributed by atoms with Gasteiger partial charge < -0.3 is 29.8 Å². The lowest BCUT2D eigenvalue weighted by atomic mass is 9.88. The fourth-order valence-corrected chi connectivity index (χ4v) is 4.63. The predicted molar refractivity (Wildman–Crippen MR) is 133 cm³/mol. The summed E-state index contributed by atoms with van der Waals surface area (Å²) in [6.45, 7) is 5.85. The first-order valence-corrected chi connectivity index (χ1v) is 12.0. The number of rotatable bonds is 6. The monoisotopic (exact) mass is 497 g/mol. The molecule has 0 bridgehead atoms. The summed E-state index contributed by atoms with van der Waals surface area (Å²) in [7, 11) is 0. The topological polar surface area (TPSA) is 104 Å². The molecule has 2 amide bonds. The lowest BCUT2D eigenvalue weighted by Crippen LogP contribution is -2.48. The number of aliphatic hydroxyl groups excluding tert-OH is 1. The quantitative estimate of drug-likeness (QED) is 0.459. The van der Waals surface area contributed by atoms with Crippen LogP contribution in [0.2, 0.25) is 0 Å². The maximum absolute atomic E-state index is 13.8. The number of amides is 2. The third kappa shape index (κ3) is 5.96. The van der Waals surface area contributed by atoms with Crippen molar-refractivity contribution in [2.75, 3.05) is 13.1 Å². The maximum atomic E-state index is 13.8. The number of ether oxygens (including phenoxy) is 2. The molecule has 0 aliphatic carbocycles. The Balaban J connectivity index is 1.58. The fraction of sp³-hybridized carbons (Fsp3) is 0.407. The van der Waals surface area contributed by atoms with Gasteiger partial charge in [-0.2, -0.15) is 0 Å². The zero-order valence-electron chi connectivity index (χ0n) is 20.7. The SMILES string of the molecule is CC(C)(C)OC(=O)N1CCC(O)C1C(CNC(=O)OCc1ccccc1)c1c[nH]c2cc(F)ccc12. The number of aromatic amines is 1. The molecule has 1 fully saturated rings. The number of aliphatic hydroxyl groups is 1. The summed E-state index contributed by atoms with van der Waals surface area (Å²) < 4.78 is 24.8. The number of carbonyl (C=O) groups is 2. The van der Waals surface area contributed by atoms with Gasteiger partial charge in [-0.15, -0.1) is 0 Å². The standard InChI is InChI=1S/C27H32FN3O5/c1-27(2,3)36-26(34)31-12-11-23(32)24(31)21(20-14-29-22-13-18(28)9-10-19(20)22)15-30-25(33)35-16-17-7-5-4-6-8-17/h4-10,13-14,21,23-24,29,32H,11-12,15-16H2,1-3H3,(H,30,33). The molecule has 4 rings (SSSR count). The van der Waals surface area contributed by atoms with Crippen molar-refractivity contribution >= 4 is 23.1 Å². The number of likely N-dealkylation sites (tertiary alicyclic amines) is 1. The number of aromatic nitrogens is 1. The molecule has 8 nitrogen and oxygen atoms in total. The van der Waals surface area contributed by atoms with Gasteiger partial charge in [0.1, 0.15) is 18.0 Å². The number of benzene rings is 2. The van der Waals surface area contributed by atoms with Crippen LogP contribution in [-0.2, 0) is 16.1 Å². The van der Waals surface area contributed by atoms with Gasteiger partial charge in [-0.1, -0.05) is 30.3 Å². The summed E-state index contributed by atoms with van der Waals surface area (Å²) in [4.78, 5) is 30.1. The molecule has 1 saturated heterocycles. The van der Waals surface area contributed by atoms with Gasteiger partial charge in [-0.3, -0.25) is 0 Å². The van der Waals surface area contributed by atoms with Crippen molar-refractivity contribution in [3.05, 3.63) is 71.7 Å². The Kier molecular flexibility index (Phi) is 7.49. The Hall–Kier alpha value is -3.59. The smallest absolute Gasteiger partial charge is 0.410 e. The normalized spacial score (nSPS) is 18.8. The van der Waals surface area contributed by atoms with Crippen molar-refractivity contribution in [2.45, 2.75) is 57.5 Å². The molecule has 2 aromatic carbocycles. The third-order valence-electron chi connectivity index (χ3n) is 6.21. The second-order valence-corrected chi connectivity index (χ2v) is 10.0. The molecule has 1 aliphatic rings. The largest absolute Gasteiger partial charge is 0.445 e. The first kappa shape index (κ1) is 25.5. The molecule has 1 aliphatic heterocycles. The first-order valence-electron chi connectivity index (χ1n) is 12.0. The molecule has 0 radical (unpaired) electrons. The zero-order chi connectivity index (χ0) is 25.9. The molecule has 1 aromatic heterocycles. The highest BCUT2D eigenvalue weighted by Crippen LogP contribution is 2.36. The third-order valence-corrected chi connectivity index (χ3v) is 6.21. The van der Waals surface area contributed by atoms with E-state index in [1.54, 1.807) is 33.0 Å². The molecule has 3 N–H and O–H groups in total. The first-order chi connectivity index (χ1) is 17.1. The van der Waals surface area contributed by atoms with Crippen LogP contribution >= 0.6 is 0 Å². The number of H-pyrrole nitrogens is 1. The molecule has 3 unspecified atom stereocenters. The molecule has 0 spiro atoms. The Bertz CT molecular complexity index is 1210. The van der Waals surface area contributed by atoms with Crippen LogP contribution in [0.3, 0.4) is 0 Å². The van der Waals surface area contributed by atoms with Gasteiger partial charge in [0.2, 0.25) is 0 Å². The van der Waals surface area contributed by atoms with Gasteiger partial charge in [0.05, 0.1) is 12.1 Å². The number of hydrogen-bond acceptors (Lipinski definition) is 5. The summed E-state index contributed by atoms with van der Waals surface area (Å²) in [5, 5.41) is 14.5. The molecule has 3 atom stereocenters. The minimum Gasteiger partial charge on any atom is -0.445 e. The van der Waals surface area contributed by atoms with Gasteiger partial charge in [0.25, 0.3) is 0 Å². The van der Waals surface area contributed by atoms with Crippen LogP contribution in [0, 0.1) is 5.82 Å². The zero-order valence-corrected chi connectivity index (χ0v) is 20.7. The summed E-state index contributed by atoms with van der Waals surface area (Å²) in [6, 6.07) is 13.0. The van der Waals surface area contributed by atoms with Crippen LogP contribution < -0.4 is 5.32 Å². The summed E-state index contributed by atoms with van der Waals surface area (Å²) in [5.41, 5.74) is 1.47. The second-order valence-electron chi connectivity index (χ2n) is 10.0. The molecular weight excluding hydrogens is 465 g/mol. The van der Waals surface area contributed by atoms with Gasteiger partial charge in [-0.25, -0.2) is 14.0 Å². The van der Waals surface area contributed by atoms with E-state index in [2.05, 4.69) is 10.3 Å². The van der Waals surface area contributed by atoms with Crippen LogP contribution in [0.4, 0.5) is 14.0 Å². The van der Waals surface area contributed by atoms with Crippen molar-refractivity contribution in [1.29, 1.82) is 0 Å². The molecular formula is C27H32FN3O5. The average molecular weight is 498 g/mol. The number of halogens is 1. The van der Waals surface area contributed by atoms with E-state index in [0.29, 0.717) is 18.5 Å². The summed E-state index contributed by atoms with van der Waals surface area (Å²) in [5.74, 6) is -0.898. The van der Waals surface area contributed by atoms with Crippen LogP contribution in [0.1, 0.15) is 44.2 Å². The highest BCUT2D eigenvalue weighted by Gasteiger charge is 2.44. The lowest BCUT2D eigenvalue weighted by molar-refractivity contribution is 0.0117. The van der Waals surface area contributed by atoms with Crippen molar-refractivity contribution in [2.24, 2.45) is 0 Å². The van der Waals surface area contributed by atoms with E-state index < -0.39 is 35.9 Å². The van der Waals surface area contributed by atoms with Gasteiger partial charge in [0, 0.05) is 36.1 Å². The predicted octanol–water partition coefficient (Wildman–Crippen LogP) is 4.69. The van der Waals surface area contributed by atoms with E-state index in [0.717, 1.165) is 16.5 Å². The van der Waals surface area contributed by atoms with Crippen LogP contribution in [0.25, 0.3) is 10.9 Å². The van der Waals surface area contributed by atoms with E-state index >= 15 is 0 Å². The van der Waals surface area contributed by atoms with E-state index in [4.69, 9.17) is 9.47 Å². The van der Waals surface area contributed by atoms with Crippen LogP contribution in [0.15, 0.2) is 54.7 Å². The molecule has 192 valence electrons. The Morgan fingerprint density at radius 2 is 1.97 bits per heavy atom. The van der Waals surface area contributed by atoms with Crippen LogP contribution in [0.5, 0.6) is 0 Å². The number of nitrogens with one attached hydrogen (secondary N) is 2. The lowest BCUT2D eigenvalue weighted by Gasteiger charge is -2.34.